The molecule has 24 heavy (non-hydrogen) atoms. The van der Waals surface area contributed by atoms with E-state index in [0.29, 0.717) is 0 Å². The molecule has 0 N–H and O–H groups in total. The molecular formula is C16H23NO5S2. The highest BCUT2D eigenvalue weighted by atomic mass is 32.2. The first-order valence-corrected chi connectivity index (χ1v) is 11.4. The van der Waals surface area contributed by atoms with E-state index in [0.717, 1.165) is 31.5 Å². The molecule has 8 heteroatoms. The zero-order valence-corrected chi connectivity index (χ0v) is 15.6. The van der Waals surface area contributed by atoms with E-state index >= 15 is 0 Å². The number of ether oxygens (including phenoxy) is 1. The maximum absolute atomic E-state index is 13.3. The van der Waals surface area contributed by atoms with Gasteiger partial charge in [-0.15, -0.1) is 0 Å². The number of nitrogens with zero attached hydrogens (tertiary/aromatic N) is 1. The van der Waals surface area contributed by atoms with Gasteiger partial charge in [-0.25, -0.2) is 16.8 Å². The number of aryl methyl sites for hydroxylation is 1. The summed E-state index contributed by atoms with van der Waals surface area (Å²) < 4.78 is 56.1. The van der Waals surface area contributed by atoms with Gasteiger partial charge in [0.25, 0.3) is 0 Å². The quantitative estimate of drug-likeness (QED) is 0.784. The van der Waals surface area contributed by atoms with E-state index in [1.165, 1.54) is 7.11 Å². The van der Waals surface area contributed by atoms with Gasteiger partial charge in [0.1, 0.15) is 10.6 Å². The first-order chi connectivity index (χ1) is 11.2. The molecule has 2 aliphatic rings. The molecular weight excluding hydrogens is 350 g/mol. The molecule has 1 aromatic carbocycles. The molecule has 2 atom stereocenters. The molecule has 134 valence electrons. The van der Waals surface area contributed by atoms with E-state index in [4.69, 9.17) is 4.74 Å². The predicted octanol–water partition coefficient (Wildman–Crippen LogP) is 1.04. The average Bonchev–Trinajstić information content (AvgIpc) is 3.14. The first-order valence-electron chi connectivity index (χ1n) is 8.07. The van der Waals surface area contributed by atoms with Crippen LogP contribution in [-0.2, 0) is 19.7 Å². The molecule has 0 amide bonds. The van der Waals surface area contributed by atoms with Gasteiger partial charge in [0, 0.05) is 6.04 Å². The molecule has 0 spiro atoms. The summed E-state index contributed by atoms with van der Waals surface area (Å²) >= 11 is 0. The van der Waals surface area contributed by atoms with Crippen molar-refractivity contribution in [2.45, 2.75) is 36.0 Å². The summed E-state index contributed by atoms with van der Waals surface area (Å²) in [4.78, 5) is 2.12. The Bertz CT molecular complexity index is 826. The van der Waals surface area contributed by atoms with Crippen LogP contribution in [0, 0.1) is 6.92 Å². The van der Waals surface area contributed by atoms with Crippen molar-refractivity contribution in [3.63, 3.8) is 0 Å². The highest BCUT2D eigenvalue weighted by Crippen LogP contribution is 2.34. The Morgan fingerprint density at radius 3 is 2.46 bits per heavy atom. The monoisotopic (exact) mass is 373 g/mol. The molecule has 2 saturated heterocycles. The van der Waals surface area contributed by atoms with Gasteiger partial charge in [0.05, 0.1) is 23.9 Å². The molecule has 1 aromatic rings. The summed E-state index contributed by atoms with van der Waals surface area (Å²) in [7, 11) is -5.75. The molecule has 0 bridgehead atoms. The van der Waals surface area contributed by atoms with Crippen molar-refractivity contribution in [3.8, 4) is 5.75 Å². The van der Waals surface area contributed by atoms with Gasteiger partial charge in [0.15, 0.2) is 19.7 Å². The lowest BCUT2D eigenvalue weighted by Crippen LogP contribution is -2.45. The smallest absolute Gasteiger partial charge is 0.187 e. The zero-order valence-electron chi connectivity index (χ0n) is 13.9. The minimum absolute atomic E-state index is 0.0783. The maximum atomic E-state index is 13.3. The molecule has 0 unspecified atom stereocenters. The van der Waals surface area contributed by atoms with Gasteiger partial charge in [0.2, 0.25) is 0 Å². The highest BCUT2D eigenvalue weighted by molar-refractivity contribution is 7.96. The van der Waals surface area contributed by atoms with Crippen LogP contribution in [0.1, 0.15) is 18.4 Å². The van der Waals surface area contributed by atoms with Crippen LogP contribution in [0.25, 0.3) is 0 Å². The van der Waals surface area contributed by atoms with Gasteiger partial charge in [-0.1, -0.05) is 6.07 Å². The van der Waals surface area contributed by atoms with Gasteiger partial charge in [-0.05, 0) is 50.6 Å². The summed E-state index contributed by atoms with van der Waals surface area (Å²) in [6, 6.07) is 4.51. The lowest BCUT2D eigenvalue weighted by Gasteiger charge is -2.28. The summed E-state index contributed by atoms with van der Waals surface area (Å²) in [6.07, 6.45) is 1.97. The summed E-state index contributed by atoms with van der Waals surface area (Å²) in [5.74, 6) is -0.122. The van der Waals surface area contributed by atoms with E-state index < -0.39 is 31.0 Å². The van der Waals surface area contributed by atoms with E-state index in [2.05, 4.69) is 0 Å². The molecule has 6 nitrogen and oxygen atoms in total. The van der Waals surface area contributed by atoms with Gasteiger partial charge in [-0.2, -0.15) is 0 Å². The fourth-order valence-electron chi connectivity index (χ4n) is 3.68. The van der Waals surface area contributed by atoms with Crippen molar-refractivity contribution in [3.05, 3.63) is 23.8 Å². The molecule has 2 aliphatic heterocycles. The van der Waals surface area contributed by atoms with E-state index in [-0.39, 0.29) is 22.2 Å². The lowest BCUT2D eigenvalue weighted by atomic mass is 10.2. The normalized spacial score (nSPS) is 27.4. The van der Waals surface area contributed by atoms with E-state index in [1.807, 2.05) is 11.8 Å². The highest BCUT2D eigenvalue weighted by Gasteiger charge is 2.49. The van der Waals surface area contributed by atoms with Crippen LogP contribution in [0.2, 0.25) is 0 Å². The number of rotatable bonds is 4. The largest absolute Gasteiger partial charge is 0.495 e. The minimum Gasteiger partial charge on any atom is -0.495 e. The second kappa shape index (κ2) is 6.31. The van der Waals surface area contributed by atoms with Crippen molar-refractivity contribution in [2.75, 3.05) is 31.7 Å². The molecule has 0 aromatic heterocycles. The van der Waals surface area contributed by atoms with Gasteiger partial charge < -0.3 is 4.74 Å². The summed E-state index contributed by atoms with van der Waals surface area (Å²) in [6.45, 7) is 3.33. The van der Waals surface area contributed by atoms with Crippen LogP contribution in [-0.4, -0.2) is 64.7 Å². The average molecular weight is 373 g/mol. The van der Waals surface area contributed by atoms with Crippen LogP contribution >= 0.6 is 0 Å². The maximum Gasteiger partial charge on any atom is 0.187 e. The fourth-order valence-corrected chi connectivity index (χ4v) is 8.75. The Balaban J connectivity index is 2.05. The fraction of sp³-hybridized carbons (Fsp3) is 0.625. The number of hydrogen-bond acceptors (Lipinski definition) is 6. The topological polar surface area (TPSA) is 80.8 Å². The Labute approximate surface area is 143 Å². The van der Waals surface area contributed by atoms with E-state index in [9.17, 15) is 16.8 Å². The second-order valence-corrected chi connectivity index (χ2v) is 10.9. The Morgan fingerprint density at radius 1 is 1.17 bits per heavy atom. The number of likely N-dealkylation sites (tertiary alicyclic amines) is 1. The van der Waals surface area contributed by atoms with Crippen LogP contribution in [0.4, 0.5) is 0 Å². The minimum atomic E-state index is -3.81. The van der Waals surface area contributed by atoms with Gasteiger partial charge in [-0.3, -0.25) is 4.90 Å². The van der Waals surface area contributed by atoms with Crippen LogP contribution < -0.4 is 4.74 Å². The third-order valence-electron chi connectivity index (χ3n) is 4.91. The number of methoxy groups -OCH3 is 1. The molecule has 0 radical (unpaired) electrons. The molecule has 0 aliphatic carbocycles. The van der Waals surface area contributed by atoms with Crippen molar-refractivity contribution < 1.29 is 21.6 Å². The van der Waals surface area contributed by atoms with Crippen molar-refractivity contribution in [1.29, 1.82) is 0 Å². The number of hydrogen-bond donors (Lipinski definition) is 0. The molecule has 3 rings (SSSR count). The number of sulfone groups is 2. The first kappa shape index (κ1) is 17.7. The van der Waals surface area contributed by atoms with E-state index in [1.54, 1.807) is 18.2 Å². The molecule has 2 fully saturated rings. The standard InChI is InChI=1S/C16H23NO5S2/c1-12-5-6-14(22-2)15(9-12)24(20,21)16-11-23(18,19)10-13(16)17-7-3-4-8-17/h5-6,9,13,16H,3-4,7-8,10-11H2,1-2H3/t13-,16+/m1/s1. The van der Waals surface area contributed by atoms with Crippen molar-refractivity contribution >= 4 is 19.7 Å². The van der Waals surface area contributed by atoms with Gasteiger partial charge >= 0.3 is 0 Å². The Kier molecular flexibility index (Phi) is 4.65. The van der Waals surface area contributed by atoms with Crippen LogP contribution in [0.15, 0.2) is 23.1 Å². The third kappa shape index (κ3) is 3.19. The lowest BCUT2D eigenvalue weighted by molar-refractivity contribution is 0.264. The van der Waals surface area contributed by atoms with Crippen molar-refractivity contribution in [1.82, 2.24) is 4.90 Å². The Hall–Kier alpha value is -1.12. The molecule has 0 saturated carbocycles. The van der Waals surface area contributed by atoms with Crippen LogP contribution in [0.5, 0.6) is 5.75 Å². The molecule has 2 heterocycles. The zero-order chi connectivity index (χ0) is 17.5. The summed E-state index contributed by atoms with van der Waals surface area (Å²) in [5.41, 5.74) is 0.799. The van der Waals surface area contributed by atoms with Crippen molar-refractivity contribution in [2.24, 2.45) is 0 Å². The number of benzene rings is 1. The Morgan fingerprint density at radius 2 is 1.83 bits per heavy atom. The SMILES string of the molecule is COc1ccc(C)cc1S(=O)(=O)[C@H]1CS(=O)(=O)C[C@H]1N1CCCC1. The van der Waals surface area contributed by atoms with Crippen LogP contribution in [0.3, 0.4) is 0 Å². The second-order valence-electron chi connectivity index (χ2n) is 6.63. The summed E-state index contributed by atoms with van der Waals surface area (Å²) in [5, 5.41) is -0.934. The third-order valence-corrected chi connectivity index (χ3v) is 9.04. The predicted molar refractivity (Wildman–Crippen MR) is 92.0 cm³/mol.